The van der Waals surface area contributed by atoms with Gasteiger partial charge in [0.1, 0.15) is 5.69 Å². The maximum absolute atomic E-state index is 3.92. The van der Waals surface area contributed by atoms with Crippen LogP contribution in [-0.4, -0.2) is 15.0 Å². The lowest BCUT2D eigenvalue weighted by molar-refractivity contribution is 0.553. The lowest BCUT2D eigenvalue weighted by Crippen LogP contribution is -1.97. The van der Waals surface area contributed by atoms with Gasteiger partial charge in [-0.2, -0.15) is 0 Å². The molecule has 0 saturated carbocycles. The highest BCUT2D eigenvalue weighted by Gasteiger charge is 1.94. The minimum Gasteiger partial charge on any atom is -0.252 e. The molecular formula is C8H13N3. The summed E-state index contributed by atoms with van der Waals surface area (Å²) in [5, 5.41) is 7.80. The van der Waals surface area contributed by atoms with Gasteiger partial charge in [-0.15, -0.1) is 5.10 Å². The lowest BCUT2D eigenvalue weighted by Gasteiger charge is -1.94. The molecule has 0 N–H and O–H groups in total. The Morgan fingerprint density at radius 3 is 3.09 bits per heavy atom. The van der Waals surface area contributed by atoms with Crippen LogP contribution >= 0.6 is 0 Å². The van der Waals surface area contributed by atoms with E-state index < -0.39 is 0 Å². The maximum atomic E-state index is 3.92. The van der Waals surface area contributed by atoms with Crippen molar-refractivity contribution >= 4 is 6.08 Å². The highest BCUT2D eigenvalue weighted by atomic mass is 15.4. The molecule has 0 aliphatic carbocycles. The molecule has 0 saturated heterocycles. The summed E-state index contributed by atoms with van der Waals surface area (Å²) >= 11 is 0. The summed E-state index contributed by atoms with van der Waals surface area (Å²) < 4.78 is 1.85. The molecule has 11 heavy (non-hydrogen) atoms. The molecule has 1 aromatic rings. The minimum atomic E-state index is 0.848. The number of aromatic nitrogens is 3. The molecule has 0 bridgehead atoms. The molecule has 3 nitrogen and oxygen atoms in total. The Kier molecular flexibility index (Phi) is 2.83. The van der Waals surface area contributed by atoms with Gasteiger partial charge in [0, 0.05) is 6.54 Å². The molecule has 1 aromatic heterocycles. The minimum absolute atomic E-state index is 0.848. The average molecular weight is 151 g/mol. The van der Waals surface area contributed by atoms with Gasteiger partial charge in [0.25, 0.3) is 0 Å². The number of aryl methyl sites for hydroxylation is 1. The predicted molar refractivity (Wildman–Crippen MR) is 45.0 cm³/mol. The van der Waals surface area contributed by atoms with E-state index in [-0.39, 0.29) is 0 Å². The third-order valence-electron chi connectivity index (χ3n) is 1.51. The quantitative estimate of drug-likeness (QED) is 0.656. The Balaban J connectivity index is 2.51. The van der Waals surface area contributed by atoms with Gasteiger partial charge in [0.15, 0.2) is 0 Å². The highest BCUT2D eigenvalue weighted by molar-refractivity contribution is 5.38. The van der Waals surface area contributed by atoms with Gasteiger partial charge in [-0.3, -0.25) is 4.68 Å². The van der Waals surface area contributed by atoms with Gasteiger partial charge in [0.2, 0.25) is 0 Å². The van der Waals surface area contributed by atoms with E-state index in [9.17, 15) is 0 Å². The van der Waals surface area contributed by atoms with Gasteiger partial charge in [-0.1, -0.05) is 25.1 Å². The van der Waals surface area contributed by atoms with E-state index in [1.165, 1.54) is 6.42 Å². The molecule has 3 heteroatoms. The van der Waals surface area contributed by atoms with E-state index in [0.29, 0.717) is 0 Å². The monoisotopic (exact) mass is 151 g/mol. The van der Waals surface area contributed by atoms with Crippen LogP contribution in [0.2, 0.25) is 0 Å². The zero-order valence-corrected chi connectivity index (χ0v) is 6.82. The summed E-state index contributed by atoms with van der Waals surface area (Å²) in [6, 6.07) is 0. The Labute approximate surface area is 66.7 Å². The Bertz CT molecular complexity index is 227. The maximum Gasteiger partial charge on any atom is 0.105 e. The molecule has 1 heterocycles. The number of hydrogen-bond acceptors (Lipinski definition) is 2. The standard InChI is InChI=1S/C8H13N3/c1-3-5-6-11-7-8(4-2)9-10-11/h4,7H,2-3,5-6H2,1H3. The van der Waals surface area contributed by atoms with Crippen LogP contribution in [0, 0.1) is 0 Å². The largest absolute Gasteiger partial charge is 0.252 e. The molecule has 0 aliphatic heterocycles. The van der Waals surface area contributed by atoms with Gasteiger partial charge in [-0.25, -0.2) is 0 Å². The second-order valence-corrected chi connectivity index (χ2v) is 2.46. The second-order valence-electron chi connectivity index (χ2n) is 2.46. The number of nitrogens with zero attached hydrogens (tertiary/aromatic N) is 3. The van der Waals surface area contributed by atoms with E-state index in [0.717, 1.165) is 18.7 Å². The van der Waals surface area contributed by atoms with Crippen molar-refractivity contribution in [3.8, 4) is 0 Å². The van der Waals surface area contributed by atoms with Gasteiger partial charge < -0.3 is 0 Å². The molecule has 0 amide bonds. The summed E-state index contributed by atoms with van der Waals surface area (Å²) in [7, 11) is 0. The van der Waals surface area contributed by atoms with Gasteiger partial charge in [-0.05, 0) is 12.5 Å². The van der Waals surface area contributed by atoms with Crippen molar-refractivity contribution < 1.29 is 0 Å². The van der Waals surface area contributed by atoms with E-state index in [1.54, 1.807) is 6.08 Å². The highest BCUT2D eigenvalue weighted by Crippen LogP contribution is 1.96. The molecule has 0 aliphatic rings. The van der Waals surface area contributed by atoms with Crippen LogP contribution in [0.4, 0.5) is 0 Å². The first-order valence-electron chi connectivity index (χ1n) is 3.89. The van der Waals surface area contributed by atoms with Crippen LogP contribution in [0.1, 0.15) is 25.5 Å². The van der Waals surface area contributed by atoms with Gasteiger partial charge >= 0.3 is 0 Å². The molecule has 60 valence electrons. The molecule has 0 fully saturated rings. The first kappa shape index (κ1) is 7.98. The zero-order valence-electron chi connectivity index (χ0n) is 6.82. The van der Waals surface area contributed by atoms with Crippen molar-refractivity contribution in [1.82, 2.24) is 15.0 Å². The van der Waals surface area contributed by atoms with Crippen LogP contribution in [-0.2, 0) is 6.54 Å². The van der Waals surface area contributed by atoms with E-state index >= 15 is 0 Å². The molecule has 1 rings (SSSR count). The normalized spacial score (nSPS) is 9.91. The second kappa shape index (κ2) is 3.91. The van der Waals surface area contributed by atoms with Crippen LogP contribution in [0.3, 0.4) is 0 Å². The SMILES string of the molecule is C=Cc1cn(CCCC)nn1. The Morgan fingerprint density at radius 2 is 2.55 bits per heavy atom. The van der Waals surface area contributed by atoms with Crippen molar-refractivity contribution in [2.75, 3.05) is 0 Å². The molecule has 0 radical (unpaired) electrons. The lowest BCUT2D eigenvalue weighted by atomic mass is 10.3. The fourth-order valence-electron chi connectivity index (χ4n) is 0.836. The van der Waals surface area contributed by atoms with Crippen LogP contribution < -0.4 is 0 Å². The van der Waals surface area contributed by atoms with Crippen molar-refractivity contribution in [3.63, 3.8) is 0 Å². The smallest absolute Gasteiger partial charge is 0.105 e. The van der Waals surface area contributed by atoms with Crippen molar-refractivity contribution in [3.05, 3.63) is 18.5 Å². The fraction of sp³-hybridized carbons (Fsp3) is 0.500. The average Bonchev–Trinajstić information content (AvgIpc) is 2.48. The Hall–Kier alpha value is -1.12. The van der Waals surface area contributed by atoms with Crippen LogP contribution in [0.15, 0.2) is 12.8 Å². The number of rotatable bonds is 4. The van der Waals surface area contributed by atoms with E-state index in [2.05, 4.69) is 23.8 Å². The van der Waals surface area contributed by atoms with Crippen LogP contribution in [0.25, 0.3) is 6.08 Å². The first-order valence-corrected chi connectivity index (χ1v) is 3.89. The first-order chi connectivity index (χ1) is 5.36. The van der Waals surface area contributed by atoms with Crippen molar-refractivity contribution in [2.45, 2.75) is 26.3 Å². The van der Waals surface area contributed by atoms with E-state index in [1.807, 2.05) is 10.9 Å². The number of unbranched alkanes of at least 4 members (excludes halogenated alkanes) is 1. The fourth-order valence-corrected chi connectivity index (χ4v) is 0.836. The summed E-state index contributed by atoms with van der Waals surface area (Å²) in [6.07, 6.45) is 5.95. The predicted octanol–water partition coefficient (Wildman–Crippen LogP) is 1.72. The van der Waals surface area contributed by atoms with E-state index in [4.69, 9.17) is 0 Å². The topological polar surface area (TPSA) is 30.7 Å². The third-order valence-corrected chi connectivity index (χ3v) is 1.51. The Morgan fingerprint density at radius 1 is 1.73 bits per heavy atom. The molecule has 0 unspecified atom stereocenters. The molecule has 0 spiro atoms. The van der Waals surface area contributed by atoms with Crippen molar-refractivity contribution in [2.24, 2.45) is 0 Å². The summed E-state index contributed by atoms with van der Waals surface area (Å²) in [5.74, 6) is 0. The van der Waals surface area contributed by atoms with Crippen LogP contribution in [0.5, 0.6) is 0 Å². The molecule has 0 atom stereocenters. The van der Waals surface area contributed by atoms with Crippen molar-refractivity contribution in [1.29, 1.82) is 0 Å². The zero-order chi connectivity index (χ0) is 8.10. The molecular weight excluding hydrogens is 138 g/mol. The number of hydrogen-bond donors (Lipinski definition) is 0. The van der Waals surface area contributed by atoms with Gasteiger partial charge in [0.05, 0.1) is 6.20 Å². The summed E-state index contributed by atoms with van der Waals surface area (Å²) in [6.45, 7) is 6.72. The summed E-state index contributed by atoms with van der Waals surface area (Å²) in [5.41, 5.74) is 0.848. The molecule has 0 aromatic carbocycles. The third kappa shape index (κ3) is 2.18. The summed E-state index contributed by atoms with van der Waals surface area (Å²) in [4.78, 5) is 0.